The molecule has 4 aromatic rings. The molecule has 0 spiro atoms. The lowest BCUT2D eigenvalue weighted by Crippen LogP contribution is -2.34. The maximum Gasteiger partial charge on any atom is 0.250 e. The van der Waals surface area contributed by atoms with Crippen molar-refractivity contribution in [1.82, 2.24) is 19.5 Å². The van der Waals surface area contributed by atoms with Gasteiger partial charge in [0.1, 0.15) is 18.1 Å². The number of nitrogens with zero attached hydrogens (tertiary/aromatic N) is 7. The van der Waals surface area contributed by atoms with Crippen LogP contribution in [0.2, 0.25) is 0 Å². The minimum Gasteiger partial charge on any atom is -0.497 e. The Hall–Kier alpha value is -4.34. The number of piperidine rings is 2. The average Bonchev–Trinajstić information content (AvgIpc) is 3.39. The first-order chi connectivity index (χ1) is 20.3. The van der Waals surface area contributed by atoms with Gasteiger partial charge in [-0.05, 0) is 56.7 Å². The number of methoxy groups -OCH3 is 1. The third-order valence-corrected chi connectivity index (χ3v) is 7.72. The van der Waals surface area contributed by atoms with Gasteiger partial charge in [0.25, 0.3) is 0 Å². The number of hydrazone groups is 1. The third-order valence-electron chi connectivity index (χ3n) is 7.72. The van der Waals surface area contributed by atoms with Crippen LogP contribution >= 0.6 is 0 Å². The summed E-state index contributed by atoms with van der Waals surface area (Å²) in [6.45, 7) is 5.15. The summed E-state index contributed by atoms with van der Waals surface area (Å²) in [7, 11) is 1.66. The van der Waals surface area contributed by atoms with Crippen LogP contribution in [0.4, 0.5) is 17.8 Å². The molecule has 4 heterocycles. The molecule has 10 nitrogen and oxygen atoms in total. The minimum absolute atomic E-state index is 0.479. The van der Waals surface area contributed by atoms with Crippen LogP contribution in [0.1, 0.15) is 44.1 Å². The zero-order chi connectivity index (χ0) is 27.9. The zero-order valence-corrected chi connectivity index (χ0v) is 23.7. The predicted octanol–water partition coefficient (Wildman–Crippen LogP) is 5.34. The van der Waals surface area contributed by atoms with E-state index in [1.54, 1.807) is 7.11 Å². The van der Waals surface area contributed by atoms with Gasteiger partial charge in [0.15, 0.2) is 0 Å². The lowest BCUT2D eigenvalue weighted by molar-refractivity contribution is 0.298. The molecule has 6 rings (SSSR count). The van der Waals surface area contributed by atoms with Crippen LogP contribution < -0.4 is 24.7 Å². The minimum atomic E-state index is 0.479. The van der Waals surface area contributed by atoms with Crippen LogP contribution in [0, 0.1) is 0 Å². The van der Waals surface area contributed by atoms with Crippen molar-refractivity contribution in [3.05, 3.63) is 60.3 Å². The number of para-hydroxylation sites is 1. The van der Waals surface area contributed by atoms with Gasteiger partial charge in [-0.2, -0.15) is 20.1 Å². The molecule has 41 heavy (non-hydrogen) atoms. The van der Waals surface area contributed by atoms with Crippen molar-refractivity contribution in [2.75, 3.05) is 55.1 Å². The zero-order valence-electron chi connectivity index (χ0n) is 23.7. The Morgan fingerprint density at radius 2 is 1.51 bits per heavy atom. The lowest BCUT2D eigenvalue weighted by atomic mass is 10.1. The average molecular weight is 555 g/mol. The molecule has 0 radical (unpaired) electrons. The number of aromatic nitrogens is 4. The van der Waals surface area contributed by atoms with Crippen molar-refractivity contribution in [2.24, 2.45) is 5.10 Å². The van der Waals surface area contributed by atoms with Gasteiger partial charge in [-0.3, -0.25) is 0 Å². The van der Waals surface area contributed by atoms with Gasteiger partial charge in [-0.15, -0.1) is 0 Å². The number of hydrogen-bond acceptors (Lipinski definition) is 9. The molecular weight excluding hydrogens is 516 g/mol. The molecule has 0 bridgehead atoms. The normalized spacial score (nSPS) is 15.9. The van der Waals surface area contributed by atoms with Crippen molar-refractivity contribution in [3.8, 4) is 11.5 Å². The van der Waals surface area contributed by atoms with E-state index in [0.717, 1.165) is 66.0 Å². The highest BCUT2D eigenvalue weighted by Gasteiger charge is 2.20. The highest BCUT2D eigenvalue weighted by atomic mass is 16.5. The predicted molar refractivity (Wildman–Crippen MR) is 164 cm³/mol. The van der Waals surface area contributed by atoms with Crippen LogP contribution in [0.25, 0.3) is 10.9 Å². The molecule has 0 amide bonds. The highest BCUT2D eigenvalue weighted by Crippen LogP contribution is 2.24. The van der Waals surface area contributed by atoms with Crippen LogP contribution in [-0.4, -0.2) is 65.6 Å². The first-order valence-corrected chi connectivity index (χ1v) is 14.7. The molecule has 2 aromatic carbocycles. The molecule has 214 valence electrons. The lowest BCUT2D eigenvalue weighted by Gasteiger charge is -2.30. The van der Waals surface area contributed by atoms with Crippen molar-refractivity contribution >= 4 is 35.0 Å². The summed E-state index contributed by atoms with van der Waals surface area (Å²) in [6, 6.07) is 16.0. The Kier molecular flexibility index (Phi) is 8.44. The first kappa shape index (κ1) is 26.9. The van der Waals surface area contributed by atoms with Crippen LogP contribution in [-0.2, 0) is 6.54 Å². The summed E-state index contributed by atoms with van der Waals surface area (Å²) in [5.41, 5.74) is 5.25. The molecule has 2 fully saturated rings. The molecule has 0 unspecified atom stereocenters. The molecule has 0 aliphatic carbocycles. The van der Waals surface area contributed by atoms with Gasteiger partial charge in [-0.25, -0.2) is 5.43 Å². The summed E-state index contributed by atoms with van der Waals surface area (Å²) in [5.74, 6) is 3.53. The fourth-order valence-corrected chi connectivity index (χ4v) is 5.55. The van der Waals surface area contributed by atoms with Crippen LogP contribution in [0.5, 0.6) is 11.5 Å². The van der Waals surface area contributed by atoms with E-state index >= 15 is 0 Å². The molecule has 2 saturated heterocycles. The smallest absolute Gasteiger partial charge is 0.250 e. The standard InChI is InChI=1S/C31H38N8O2/c1-40-25-11-10-12-26(21-25)41-20-19-39-23-24(27-13-4-5-14-28(27)39)22-32-36-29-33-30(37-15-6-2-7-16-37)35-31(34-29)38-17-8-3-9-18-38/h4-5,10-14,21-23H,2-3,6-9,15-20H2,1H3,(H,33,34,35,36). The number of rotatable bonds is 10. The summed E-state index contributed by atoms with van der Waals surface area (Å²) < 4.78 is 13.5. The van der Waals surface area contributed by atoms with E-state index < -0.39 is 0 Å². The van der Waals surface area contributed by atoms with E-state index in [1.165, 1.54) is 38.5 Å². The molecule has 10 heteroatoms. The fraction of sp³-hybridized carbons (Fsp3) is 0.419. The Morgan fingerprint density at radius 3 is 2.22 bits per heavy atom. The van der Waals surface area contributed by atoms with E-state index in [9.17, 15) is 0 Å². The molecule has 2 aromatic heterocycles. The van der Waals surface area contributed by atoms with E-state index in [1.807, 2.05) is 36.5 Å². The van der Waals surface area contributed by atoms with Gasteiger partial charge in [-0.1, -0.05) is 24.3 Å². The topological polar surface area (TPSA) is 92.9 Å². The van der Waals surface area contributed by atoms with Crippen molar-refractivity contribution in [3.63, 3.8) is 0 Å². The maximum absolute atomic E-state index is 5.99. The van der Waals surface area contributed by atoms with Gasteiger partial charge in [0.05, 0.1) is 19.9 Å². The molecule has 1 N–H and O–H groups in total. The molecular formula is C31H38N8O2. The molecule has 0 saturated carbocycles. The SMILES string of the molecule is COc1cccc(OCCn2cc(C=NNc3nc(N4CCCCC4)nc(N4CCCCC4)n3)c3ccccc32)c1. The second-order valence-electron chi connectivity index (χ2n) is 10.5. The molecule has 0 atom stereocenters. The van der Waals surface area contributed by atoms with E-state index in [-0.39, 0.29) is 0 Å². The number of hydrogen-bond donors (Lipinski definition) is 1. The first-order valence-electron chi connectivity index (χ1n) is 14.7. The quantitative estimate of drug-likeness (QED) is 0.207. The number of anilines is 3. The van der Waals surface area contributed by atoms with E-state index in [2.05, 4.69) is 49.3 Å². The van der Waals surface area contributed by atoms with Crippen molar-refractivity contribution in [1.29, 1.82) is 0 Å². The molecule has 2 aliphatic rings. The van der Waals surface area contributed by atoms with Crippen LogP contribution in [0.15, 0.2) is 59.8 Å². The summed E-state index contributed by atoms with van der Waals surface area (Å²) in [5, 5.41) is 5.69. The highest BCUT2D eigenvalue weighted by molar-refractivity contribution is 5.99. The fourth-order valence-electron chi connectivity index (χ4n) is 5.55. The number of benzene rings is 2. The van der Waals surface area contributed by atoms with Gasteiger partial charge >= 0.3 is 0 Å². The third kappa shape index (κ3) is 6.53. The van der Waals surface area contributed by atoms with Crippen molar-refractivity contribution < 1.29 is 9.47 Å². The van der Waals surface area contributed by atoms with Gasteiger partial charge < -0.3 is 23.8 Å². The molecule has 2 aliphatic heterocycles. The Balaban J connectivity index is 1.18. The summed E-state index contributed by atoms with van der Waals surface area (Å²) in [6.07, 6.45) is 11.1. The van der Waals surface area contributed by atoms with Gasteiger partial charge in [0.2, 0.25) is 17.8 Å². The van der Waals surface area contributed by atoms with Crippen molar-refractivity contribution in [2.45, 2.75) is 45.1 Å². The number of ether oxygens (including phenoxy) is 2. The van der Waals surface area contributed by atoms with E-state index in [0.29, 0.717) is 19.1 Å². The Labute approximate surface area is 241 Å². The number of fused-ring (bicyclic) bond motifs is 1. The number of nitrogens with one attached hydrogen (secondary N) is 1. The monoisotopic (exact) mass is 554 g/mol. The van der Waals surface area contributed by atoms with Crippen LogP contribution in [0.3, 0.4) is 0 Å². The Bertz CT molecular complexity index is 1440. The summed E-state index contributed by atoms with van der Waals surface area (Å²) >= 11 is 0. The van der Waals surface area contributed by atoms with E-state index in [4.69, 9.17) is 24.4 Å². The largest absolute Gasteiger partial charge is 0.497 e. The maximum atomic E-state index is 5.99. The van der Waals surface area contributed by atoms with Gasteiger partial charge in [0, 0.05) is 54.9 Å². The second-order valence-corrected chi connectivity index (χ2v) is 10.5. The Morgan fingerprint density at radius 1 is 0.829 bits per heavy atom. The summed E-state index contributed by atoms with van der Waals surface area (Å²) in [4.78, 5) is 18.9. The second kappa shape index (κ2) is 12.9.